The molecule has 0 aromatic heterocycles. The van der Waals surface area contributed by atoms with E-state index < -0.39 is 5.82 Å². The first kappa shape index (κ1) is 25.6. The molecule has 0 amide bonds. The summed E-state index contributed by atoms with van der Waals surface area (Å²) < 4.78 is 25.5. The van der Waals surface area contributed by atoms with E-state index >= 15 is 0 Å². The fourth-order valence-electron chi connectivity index (χ4n) is 5.46. The number of nitrogens with zero attached hydrogens (tertiary/aromatic N) is 3. The maximum Gasteiger partial charge on any atom is 0.338 e. The minimum atomic E-state index is -0.466. The van der Waals surface area contributed by atoms with Crippen molar-refractivity contribution in [3.63, 3.8) is 0 Å². The van der Waals surface area contributed by atoms with Gasteiger partial charge in [0.2, 0.25) is 5.69 Å². The number of carbonyl (C=O) groups excluding carboxylic acids is 1. The second-order valence-corrected chi connectivity index (χ2v) is 9.65. The standard InChI is InChI=1S/C27H30FN3O3.ClH/c1-17-12-20-13-19(4-5-23(20)27(32)34-17)8-9-30-10-11-31-15-25(33-16-21(31)14-30)22-6-7-24(28)26(29-3)18(22)2;/h4-7,13,17,21,25H,8-12,14-16H2,1-2H3;1H/t17-,21-,25-;/m0./s1. The summed E-state index contributed by atoms with van der Waals surface area (Å²) in [6.07, 6.45) is 1.53. The number of ether oxygens (including phenoxy) is 2. The highest BCUT2D eigenvalue weighted by atomic mass is 35.5. The monoisotopic (exact) mass is 499 g/mol. The summed E-state index contributed by atoms with van der Waals surface area (Å²) in [5, 5.41) is 0. The Hall–Kier alpha value is -2.50. The number of morpholine rings is 1. The molecule has 2 saturated heterocycles. The fraction of sp³-hybridized carbons (Fsp3) is 0.481. The average molecular weight is 500 g/mol. The summed E-state index contributed by atoms with van der Waals surface area (Å²) in [6, 6.07) is 9.60. The second kappa shape index (κ2) is 10.6. The van der Waals surface area contributed by atoms with E-state index in [1.165, 1.54) is 11.6 Å². The Kier molecular flexibility index (Phi) is 7.77. The molecule has 0 bridgehead atoms. The van der Waals surface area contributed by atoms with Crippen LogP contribution in [0.2, 0.25) is 0 Å². The van der Waals surface area contributed by atoms with Crippen molar-refractivity contribution in [1.29, 1.82) is 0 Å². The molecule has 3 heterocycles. The third kappa shape index (κ3) is 5.22. The van der Waals surface area contributed by atoms with Gasteiger partial charge >= 0.3 is 5.97 Å². The number of halogens is 2. The van der Waals surface area contributed by atoms with Gasteiger partial charge < -0.3 is 14.4 Å². The largest absolute Gasteiger partial charge is 0.459 e. The van der Waals surface area contributed by atoms with Crippen LogP contribution in [0.25, 0.3) is 4.85 Å². The summed E-state index contributed by atoms with van der Waals surface area (Å²) >= 11 is 0. The zero-order valence-electron chi connectivity index (χ0n) is 20.1. The lowest BCUT2D eigenvalue weighted by atomic mass is 9.95. The molecule has 2 aromatic rings. The molecule has 3 aliphatic rings. The van der Waals surface area contributed by atoms with Gasteiger partial charge in [-0.05, 0) is 54.7 Å². The van der Waals surface area contributed by atoms with E-state index in [9.17, 15) is 9.18 Å². The Balaban J connectivity index is 0.00000289. The minimum Gasteiger partial charge on any atom is -0.459 e. The zero-order valence-corrected chi connectivity index (χ0v) is 20.9. The van der Waals surface area contributed by atoms with E-state index in [1.807, 2.05) is 26.0 Å². The van der Waals surface area contributed by atoms with Crippen LogP contribution in [0.4, 0.5) is 10.1 Å². The summed E-state index contributed by atoms with van der Waals surface area (Å²) in [7, 11) is 0. The normalized spacial score (nSPS) is 24.5. The van der Waals surface area contributed by atoms with Gasteiger partial charge in [0.15, 0.2) is 0 Å². The molecule has 5 rings (SSSR count). The van der Waals surface area contributed by atoms with Gasteiger partial charge in [0.25, 0.3) is 0 Å². The molecule has 3 aliphatic heterocycles. The highest BCUT2D eigenvalue weighted by Crippen LogP contribution is 2.34. The van der Waals surface area contributed by atoms with Crippen molar-refractivity contribution in [1.82, 2.24) is 9.80 Å². The molecule has 6 nitrogen and oxygen atoms in total. The van der Waals surface area contributed by atoms with E-state index in [0.29, 0.717) is 23.8 Å². The molecule has 0 aliphatic carbocycles. The van der Waals surface area contributed by atoms with Crippen LogP contribution in [0.15, 0.2) is 30.3 Å². The van der Waals surface area contributed by atoms with Crippen LogP contribution >= 0.6 is 12.4 Å². The molecule has 186 valence electrons. The number of hydrogen-bond donors (Lipinski definition) is 0. The lowest BCUT2D eigenvalue weighted by Gasteiger charge is -2.46. The number of carbonyl (C=O) groups is 1. The highest BCUT2D eigenvalue weighted by molar-refractivity contribution is 5.92. The van der Waals surface area contributed by atoms with Gasteiger partial charge in [-0.15, -0.1) is 12.4 Å². The van der Waals surface area contributed by atoms with E-state index in [0.717, 1.165) is 56.7 Å². The van der Waals surface area contributed by atoms with Gasteiger partial charge in [-0.25, -0.2) is 14.0 Å². The highest BCUT2D eigenvalue weighted by Gasteiger charge is 2.35. The van der Waals surface area contributed by atoms with Crippen LogP contribution in [-0.2, 0) is 22.3 Å². The topological polar surface area (TPSA) is 46.4 Å². The second-order valence-electron chi connectivity index (χ2n) is 9.65. The number of benzene rings is 2. The van der Waals surface area contributed by atoms with E-state index in [4.69, 9.17) is 16.0 Å². The van der Waals surface area contributed by atoms with Crippen molar-refractivity contribution in [2.45, 2.75) is 44.9 Å². The molecular formula is C27H31ClFN3O3. The van der Waals surface area contributed by atoms with Crippen molar-refractivity contribution in [2.75, 3.05) is 39.3 Å². The first-order valence-electron chi connectivity index (χ1n) is 12.0. The number of cyclic esters (lactones) is 1. The number of piperazine rings is 1. The summed E-state index contributed by atoms with van der Waals surface area (Å²) in [5.74, 6) is -0.680. The first-order chi connectivity index (χ1) is 16.4. The van der Waals surface area contributed by atoms with Crippen molar-refractivity contribution in [3.05, 3.63) is 75.4 Å². The number of rotatable bonds is 4. The number of fused-ring (bicyclic) bond motifs is 2. The van der Waals surface area contributed by atoms with E-state index in [1.54, 1.807) is 6.07 Å². The molecule has 0 saturated carbocycles. The molecule has 3 atom stereocenters. The average Bonchev–Trinajstić information content (AvgIpc) is 2.82. The van der Waals surface area contributed by atoms with Gasteiger partial charge in [-0.1, -0.05) is 18.2 Å². The van der Waals surface area contributed by atoms with Crippen LogP contribution < -0.4 is 0 Å². The van der Waals surface area contributed by atoms with Crippen molar-refractivity contribution >= 4 is 24.1 Å². The third-order valence-electron chi connectivity index (χ3n) is 7.38. The SMILES string of the molecule is Cl.[C-]#[N+]c1c(F)ccc([C@@H]2CN3CCN(CCc4ccc5c(c4)C[C@H](C)OC5=O)C[C@H]3CO2)c1C. The molecule has 8 heteroatoms. The van der Waals surface area contributed by atoms with E-state index in [2.05, 4.69) is 20.7 Å². The predicted octanol–water partition coefficient (Wildman–Crippen LogP) is 4.51. The molecule has 0 spiro atoms. The van der Waals surface area contributed by atoms with Gasteiger partial charge in [0.1, 0.15) is 11.9 Å². The molecule has 0 radical (unpaired) electrons. The minimum absolute atomic E-state index is 0. The van der Waals surface area contributed by atoms with Crippen molar-refractivity contribution in [2.24, 2.45) is 0 Å². The Labute approximate surface area is 212 Å². The molecule has 2 aromatic carbocycles. The Bertz CT molecular complexity index is 1150. The molecule has 0 N–H and O–H groups in total. The summed E-state index contributed by atoms with van der Waals surface area (Å²) in [4.78, 5) is 20.4. The molecular weight excluding hydrogens is 469 g/mol. The van der Waals surface area contributed by atoms with Crippen molar-refractivity contribution in [3.8, 4) is 0 Å². The van der Waals surface area contributed by atoms with Gasteiger partial charge in [-0.3, -0.25) is 4.90 Å². The predicted molar refractivity (Wildman–Crippen MR) is 134 cm³/mol. The third-order valence-corrected chi connectivity index (χ3v) is 7.38. The van der Waals surface area contributed by atoms with Gasteiger partial charge in [0, 0.05) is 45.2 Å². The van der Waals surface area contributed by atoms with Crippen LogP contribution in [-0.4, -0.2) is 67.2 Å². The lowest BCUT2D eigenvalue weighted by Crippen LogP contribution is -2.58. The van der Waals surface area contributed by atoms with Crippen LogP contribution in [0.1, 0.15) is 45.6 Å². The van der Waals surface area contributed by atoms with Crippen LogP contribution in [0.3, 0.4) is 0 Å². The lowest BCUT2D eigenvalue weighted by molar-refractivity contribution is -0.0902. The molecule has 2 fully saturated rings. The van der Waals surface area contributed by atoms with E-state index in [-0.39, 0.29) is 36.3 Å². The Morgan fingerprint density at radius 3 is 2.83 bits per heavy atom. The quantitative estimate of drug-likeness (QED) is 0.457. The summed E-state index contributed by atoms with van der Waals surface area (Å²) in [6.45, 7) is 16.3. The van der Waals surface area contributed by atoms with Crippen LogP contribution in [0, 0.1) is 19.3 Å². The number of esters is 1. The van der Waals surface area contributed by atoms with Crippen LogP contribution in [0.5, 0.6) is 0 Å². The first-order valence-corrected chi connectivity index (χ1v) is 12.0. The maximum atomic E-state index is 13.9. The zero-order chi connectivity index (χ0) is 23.8. The summed E-state index contributed by atoms with van der Waals surface area (Å²) in [5.41, 5.74) is 4.75. The van der Waals surface area contributed by atoms with Gasteiger partial charge in [-0.2, -0.15) is 0 Å². The molecule has 35 heavy (non-hydrogen) atoms. The molecule has 0 unspecified atom stereocenters. The number of hydrogen-bond acceptors (Lipinski definition) is 5. The fourth-order valence-corrected chi connectivity index (χ4v) is 5.46. The van der Waals surface area contributed by atoms with Gasteiger partial charge in [0.05, 0.1) is 24.8 Å². The Morgan fingerprint density at radius 2 is 2.03 bits per heavy atom. The Morgan fingerprint density at radius 1 is 1.20 bits per heavy atom. The smallest absolute Gasteiger partial charge is 0.338 e. The maximum absolute atomic E-state index is 13.9. The van der Waals surface area contributed by atoms with Crippen molar-refractivity contribution < 1.29 is 18.7 Å².